The van der Waals surface area contributed by atoms with Gasteiger partial charge in [0.1, 0.15) is 0 Å². The molecule has 0 aromatic carbocycles. The number of primary amides is 1. The van der Waals surface area contributed by atoms with E-state index in [1.807, 2.05) is 6.92 Å². The molecule has 0 aromatic heterocycles. The summed E-state index contributed by atoms with van der Waals surface area (Å²) in [5, 5.41) is 12.4. The van der Waals surface area contributed by atoms with Crippen LogP contribution in [-0.4, -0.2) is 40.2 Å². The van der Waals surface area contributed by atoms with E-state index in [1.165, 1.54) is 0 Å². The Bertz CT molecular complexity index is 259. The van der Waals surface area contributed by atoms with Crippen molar-refractivity contribution >= 4 is 17.7 Å². The summed E-state index contributed by atoms with van der Waals surface area (Å²) in [7, 11) is 0. The summed E-state index contributed by atoms with van der Waals surface area (Å²) in [4.78, 5) is 11.6. The number of nitrogens with two attached hydrogens (primary N) is 1. The fourth-order valence-corrected chi connectivity index (χ4v) is 3.04. The first-order valence-electron chi connectivity index (χ1n) is 6.28. The van der Waals surface area contributed by atoms with E-state index in [0.29, 0.717) is 11.3 Å². The van der Waals surface area contributed by atoms with Crippen LogP contribution in [0.1, 0.15) is 39.5 Å². The Morgan fingerprint density at radius 3 is 2.76 bits per heavy atom. The molecule has 1 saturated carbocycles. The Hall–Kier alpha value is -0.260. The van der Waals surface area contributed by atoms with E-state index in [1.54, 1.807) is 11.8 Å². The van der Waals surface area contributed by atoms with Gasteiger partial charge in [-0.2, -0.15) is 11.8 Å². The number of thioether (sulfide) groups is 1. The lowest BCUT2D eigenvalue weighted by molar-refractivity contribution is -0.124. The highest BCUT2D eigenvalue weighted by Gasteiger charge is 2.37. The van der Waals surface area contributed by atoms with Gasteiger partial charge in [0.15, 0.2) is 0 Å². The Morgan fingerprint density at radius 1 is 1.65 bits per heavy atom. The van der Waals surface area contributed by atoms with Crippen LogP contribution in [0.15, 0.2) is 0 Å². The van der Waals surface area contributed by atoms with Crippen LogP contribution in [-0.2, 0) is 4.79 Å². The number of nitrogens with one attached hydrogen (secondary N) is 1. The van der Waals surface area contributed by atoms with Gasteiger partial charge in [0.25, 0.3) is 0 Å². The van der Waals surface area contributed by atoms with Crippen LogP contribution in [0.2, 0.25) is 0 Å². The molecule has 1 aliphatic rings. The van der Waals surface area contributed by atoms with E-state index in [4.69, 9.17) is 10.8 Å². The van der Waals surface area contributed by atoms with Crippen LogP contribution in [0.4, 0.5) is 0 Å². The monoisotopic (exact) mass is 260 g/mol. The van der Waals surface area contributed by atoms with Gasteiger partial charge in [-0.25, -0.2) is 0 Å². The molecular formula is C12H24N2O2S. The Morgan fingerprint density at radius 2 is 2.29 bits per heavy atom. The van der Waals surface area contributed by atoms with Gasteiger partial charge in [-0.15, -0.1) is 0 Å². The zero-order valence-corrected chi connectivity index (χ0v) is 11.6. The number of carbonyl (C=O) groups is 1. The summed E-state index contributed by atoms with van der Waals surface area (Å²) in [6.45, 7) is 4.24. The minimum absolute atomic E-state index is 0.229. The van der Waals surface area contributed by atoms with Gasteiger partial charge in [0.05, 0.1) is 5.54 Å². The molecule has 4 N–H and O–H groups in total. The third-order valence-corrected chi connectivity index (χ3v) is 4.30. The maximum atomic E-state index is 11.6. The quantitative estimate of drug-likeness (QED) is 0.538. The van der Waals surface area contributed by atoms with E-state index in [-0.39, 0.29) is 12.5 Å². The summed E-state index contributed by atoms with van der Waals surface area (Å²) in [6.07, 6.45) is 3.84. The van der Waals surface area contributed by atoms with Crippen LogP contribution in [0.3, 0.4) is 0 Å². The number of hydrogen-bond acceptors (Lipinski definition) is 4. The van der Waals surface area contributed by atoms with Gasteiger partial charge in [-0.1, -0.05) is 6.92 Å². The van der Waals surface area contributed by atoms with E-state index >= 15 is 0 Å². The van der Waals surface area contributed by atoms with Gasteiger partial charge in [0.2, 0.25) is 5.91 Å². The van der Waals surface area contributed by atoms with Crippen molar-refractivity contribution in [2.75, 3.05) is 12.4 Å². The fourth-order valence-electron chi connectivity index (χ4n) is 1.89. The molecule has 1 rings (SSSR count). The lowest BCUT2D eigenvalue weighted by Crippen LogP contribution is -2.55. The normalized spacial score (nSPS) is 20.9. The molecule has 100 valence electrons. The molecule has 1 fully saturated rings. The molecule has 5 heteroatoms. The number of aliphatic hydroxyl groups is 1. The molecule has 0 spiro atoms. The smallest absolute Gasteiger partial charge is 0.237 e. The third kappa shape index (κ3) is 5.27. The van der Waals surface area contributed by atoms with Crippen molar-refractivity contribution in [2.24, 2.45) is 5.73 Å². The highest BCUT2D eigenvalue weighted by Crippen LogP contribution is 2.27. The highest BCUT2D eigenvalue weighted by molar-refractivity contribution is 7.99. The van der Waals surface area contributed by atoms with Crippen LogP contribution < -0.4 is 11.1 Å². The maximum absolute atomic E-state index is 11.6. The average molecular weight is 260 g/mol. The van der Waals surface area contributed by atoms with Gasteiger partial charge in [-0.05, 0) is 38.4 Å². The van der Waals surface area contributed by atoms with Crippen LogP contribution in [0.5, 0.6) is 0 Å². The van der Waals surface area contributed by atoms with Crippen molar-refractivity contribution in [2.45, 2.75) is 56.4 Å². The first-order chi connectivity index (χ1) is 7.98. The van der Waals surface area contributed by atoms with Gasteiger partial charge < -0.3 is 16.2 Å². The largest absolute Gasteiger partial charge is 0.396 e. The molecule has 17 heavy (non-hydrogen) atoms. The van der Waals surface area contributed by atoms with E-state index < -0.39 is 5.54 Å². The maximum Gasteiger partial charge on any atom is 0.237 e. The molecule has 0 saturated heterocycles. The number of rotatable bonds is 9. The first kappa shape index (κ1) is 14.8. The van der Waals surface area contributed by atoms with Crippen molar-refractivity contribution in [3.05, 3.63) is 0 Å². The number of hydrogen-bond donors (Lipinski definition) is 3. The summed E-state index contributed by atoms with van der Waals surface area (Å²) in [5.41, 5.74) is 4.91. The topological polar surface area (TPSA) is 75.3 Å². The van der Waals surface area contributed by atoms with Crippen molar-refractivity contribution < 1.29 is 9.90 Å². The van der Waals surface area contributed by atoms with Crippen molar-refractivity contribution in [1.29, 1.82) is 0 Å². The Kier molecular flexibility index (Phi) is 5.76. The molecule has 0 radical (unpaired) electrons. The number of aliphatic hydroxyl groups excluding tert-OH is 1. The second-order valence-corrected chi connectivity index (χ2v) is 6.62. The van der Waals surface area contributed by atoms with Gasteiger partial charge in [0, 0.05) is 17.9 Å². The number of carbonyl (C=O) groups excluding carboxylic acids is 1. The predicted molar refractivity (Wildman–Crippen MR) is 72.0 cm³/mol. The molecule has 0 bridgehead atoms. The standard InChI is InChI=1S/C12H24N2O2S/c1-9(17-7-3-6-15)8-12(2,11(13)16)14-10-4-5-10/h9-10,14-15H,3-8H2,1-2H3,(H2,13,16). The second kappa shape index (κ2) is 6.61. The summed E-state index contributed by atoms with van der Waals surface area (Å²) < 4.78 is 0. The number of amides is 1. The van der Waals surface area contributed by atoms with Crippen molar-refractivity contribution in [3.63, 3.8) is 0 Å². The zero-order valence-electron chi connectivity index (χ0n) is 10.7. The van der Waals surface area contributed by atoms with E-state index in [0.717, 1.165) is 31.4 Å². The SMILES string of the molecule is CC(CC(C)(NC1CC1)C(N)=O)SCCCO. The van der Waals surface area contributed by atoms with E-state index in [9.17, 15) is 4.79 Å². The summed E-state index contributed by atoms with van der Waals surface area (Å²) in [6, 6.07) is 0.474. The summed E-state index contributed by atoms with van der Waals surface area (Å²) in [5.74, 6) is 0.662. The lowest BCUT2D eigenvalue weighted by Gasteiger charge is -2.30. The highest BCUT2D eigenvalue weighted by atomic mass is 32.2. The molecule has 2 atom stereocenters. The van der Waals surface area contributed by atoms with Gasteiger partial charge in [-0.3, -0.25) is 4.79 Å². The van der Waals surface area contributed by atoms with E-state index in [2.05, 4.69) is 12.2 Å². The third-order valence-electron chi connectivity index (χ3n) is 3.04. The summed E-state index contributed by atoms with van der Waals surface area (Å²) >= 11 is 1.78. The Balaban J connectivity index is 2.38. The molecule has 4 nitrogen and oxygen atoms in total. The molecule has 1 amide bonds. The molecule has 0 aliphatic heterocycles. The molecule has 0 heterocycles. The van der Waals surface area contributed by atoms with Crippen molar-refractivity contribution in [1.82, 2.24) is 5.32 Å². The lowest BCUT2D eigenvalue weighted by atomic mass is 9.95. The molecular weight excluding hydrogens is 236 g/mol. The predicted octanol–water partition coefficient (Wildman–Crippen LogP) is 0.877. The van der Waals surface area contributed by atoms with Crippen LogP contribution in [0, 0.1) is 0 Å². The second-order valence-electron chi connectivity index (χ2n) is 5.08. The molecule has 1 aliphatic carbocycles. The minimum Gasteiger partial charge on any atom is -0.396 e. The van der Waals surface area contributed by atoms with Gasteiger partial charge >= 0.3 is 0 Å². The first-order valence-corrected chi connectivity index (χ1v) is 7.33. The minimum atomic E-state index is -0.590. The molecule has 2 unspecified atom stereocenters. The van der Waals surface area contributed by atoms with Crippen LogP contribution in [0.25, 0.3) is 0 Å². The molecule has 0 aromatic rings. The zero-order chi connectivity index (χ0) is 12.9. The fraction of sp³-hybridized carbons (Fsp3) is 0.917. The van der Waals surface area contributed by atoms with Crippen LogP contribution >= 0.6 is 11.8 Å². The van der Waals surface area contributed by atoms with Crippen molar-refractivity contribution in [3.8, 4) is 0 Å². The Labute approximate surface area is 108 Å². The average Bonchev–Trinajstić information content (AvgIpc) is 3.01.